The van der Waals surface area contributed by atoms with E-state index in [-0.39, 0.29) is 28.2 Å². The molecular formula is C53H62F2N12O5. The Morgan fingerprint density at radius 2 is 1.04 bits per heavy atom. The fraction of sp³-hybridized carbons (Fsp3) is 0.491. The highest BCUT2D eigenvalue weighted by molar-refractivity contribution is 5.79. The number of ether oxygens (including phenoxy) is 4. The van der Waals surface area contributed by atoms with Crippen LogP contribution in [0.2, 0.25) is 0 Å². The predicted octanol–water partition coefficient (Wildman–Crippen LogP) is 6.17. The predicted molar refractivity (Wildman–Crippen MR) is 266 cm³/mol. The number of imidazole rings is 1. The van der Waals surface area contributed by atoms with Gasteiger partial charge in [0.2, 0.25) is 0 Å². The third kappa shape index (κ3) is 10.0. The molecule has 9 heterocycles. The van der Waals surface area contributed by atoms with Gasteiger partial charge in [-0.15, -0.1) is 0 Å². The summed E-state index contributed by atoms with van der Waals surface area (Å²) in [6, 6.07) is 13.6. The van der Waals surface area contributed by atoms with Crippen molar-refractivity contribution in [3.63, 3.8) is 0 Å². The largest absolute Gasteiger partial charge is 0.451 e. The first kappa shape index (κ1) is 46.9. The summed E-state index contributed by atoms with van der Waals surface area (Å²) in [5.41, 5.74) is 5.62. The van der Waals surface area contributed by atoms with Crippen molar-refractivity contribution in [2.24, 2.45) is 10.8 Å². The van der Waals surface area contributed by atoms with Crippen molar-refractivity contribution < 1.29 is 27.7 Å². The molecule has 3 aromatic heterocycles. The second kappa shape index (κ2) is 20.1. The van der Waals surface area contributed by atoms with Crippen LogP contribution in [0.25, 0.3) is 11.0 Å². The van der Waals surface area contributed by atoms with Gasteiger partial charge in [0.1, 0.15) is 35.8 Å². The molecule has 0 saturated carbocycles. The molecule has 2 unspecified atom stereocenters. The van der Waals surface area contributed by atoms with E-state index in [1.165, 1.54) is 23.3 Å². The van der Waals surface area contributed by atoms with Crippen LogP contribution in [0.4, 0.5) is 20.4 Å². The van der Waals surface area contributed by atoms with Gasteiger partial charge < -0.3 is 38.7 Å². The molecule has 6 saturated heterocycles. The molecule has 6 aliphatic heterocycles. The summed E-state index contributed by atoms with van der Waals surface area (Å²) >= 11 is 0. The molecule has 0 bridgehead atoms. The molecule has 0 aliphatic carbocycles. The average molecular weight is 985 g/mol. The fourth-order valence-electron chi connectivity index (χ4n) is 12.2. The SMILES string of the molecule is O=c1[nH]c2ccc(CN3CCC4(CCN(c5ncncc5Oc5ccc(F)cc5CN5CCOCC5)C4)C3)c(CN3CCC4(CCN(c5ncncc5Oc5ccc(F)cc5CN5CCOCC5)C4)C3)c2[nH]1. The van der Waals surface area contributed by atoms with Crippen LogP contribution in [0.1, 0.15) is 47.9 Å². The Hall–Kier alpha value is -6.09. The van der Waals surface area contributed by atoms with Gasteiger partial charge in [-0.1, -0.05) is 6.07 Å². The molecule has 2 atom stereocenters. The van der Waals surface area contributed by atoms with E-state index in [1.54, 1.807) is 49.3 Å². The van der Waals surface area contributed by atoms with E-state index in [1.807, 2.05) is 6.07 Å². The lowest BCUT2D eigenvalue weighted by atomic mass is 9.86. The Labute approximate surface area is 417 Å². The maximum atomic E-state index is 14.6. The number of likely N-dealkylation sites (tertiary alicyclic amines) is 2. The monoisotopic (exact) mass is 984 g/mol. The second-order valence-corrected chi connectivity index (χ2v) is 20.9. The Kier molecular flexibility index (Phi) is 13.1. The number of H-pyrrole nitrogens is 2. The minimum Gasteiger partial charge on any atom is -0.451 e. The Morgan fingerprint density at radius 3 is 1.58 bits per heavy atom. The molecule has 19 heteroatoms. The van der Waals surface area contributed by atoms with Crippen molar-refractivity contribution in [3.8, 4) is 23.0 Å². The van der Waals surface area contributed by atoms with E-state index in [2.05, 4.69) is 55.4 Å². The number of nitrogens with one attached hydrogen (secondary N) is 2. The number of hydrogen-bond acceptors (Lipinski definition) is 15. The van der Waals surface area contributed by atoms with Crippen LogP contribution in [0, 0.1) is 22.5 Å². The number of morpholine rings is 2. The zero-order valence-corrected chi connectivity index (χ0v) is 40.7. The summed E-state index contributed by atoms with van der Waals surface area (Å²) in [7, 11) is 0. The molecule has 2 N–H and O–H groups in total. The Bertz CT molecular complexity index is 2970. The molecule has 0 radical (unpaired) electrons. The summed E-state index contributed by atoms with van der Waals surface area (Å²) in [5.74, 6) is 3.24. The van der Waals surface area contributed by atoms with Gasteiger partial charge in [-0.05, 0) is 92.4 Å². The van der Waals surface area contributed by atoms with Gasteiger partial charge in [0, 0.05) is 114 Å². The van der Waals surface area contributed by atoms with Crippen LogP contribution < -0.4 is 25.0 Å². The summed E-state index contributed by atoms with van der Waals surface area (Å²) in [6.45, 7) is 15.5. The van der Waals surface area contributed by atoms with Crippen molar-refractivity contribution in [1.82, 2.24) is 49.5 Å². The third-order valence-electron chi connectivity index (χ3n) is 16.0. The number of aromatic nitrogens is 6. The average Bonchev–Trinajstić information content (AvgIpc) is 4.25. The molecule has 12 rings (SSSR count). The van der Waals surface area contributed by atoms with Crippen LogP contribution in [-0.4, -0.2) is 154 Å². The van der Waals surface area contributed by atoms with E-state index in [4.69, 9.17) is 28.9 Å². The molecule has 6 aromatic rings. The van der Waals surface area contributed by atoms with Gasteiger partial charge in [0.25, 0.3) is 0 Å². The smallest absolute Gasteiger partial charge is 0.323 e. The van der Waals surface area contributed by atoms with E-state index in [0.717, 1.165) is 151 Å². The molecule has 6 aliphatic rings. The highest BCUT2D eigenvalue weighted by Gasteiger charge is 2.46. The molecule has 378 valence electrons. The lowest BCUT2D eigenvalue weighted by Gasteiger charge is -2.28. The molecular weight excluding hydrogens is 923 g/mol. The number of anilines is 2. The first-order chi connectivity index (χ1) is 35.2. The number of fused-ring (bicyclic) bond motifs is 1. The number of hydrogen-bond donors (Lipinski definition) is 2. The third-order valence-corrected chi connectivity index (χ3v) is 16.0. The summed E-state index contributed by atoms with van der Waals surface area (Å²) in [4.78, 5) is 51.4. The second-order valence-electron chi connectivity index (χ2n) is 20.9. The Morgan fingerprint density at radius 1 is 0.542 bits per heavy atom. The van der Waals surface area contributed by atoms with E-state index >= 15 is 0 Å². The molecule has 2 spiro atoms. The van der Waals surface area contributed by atoms with Crippen molar-refractivity contribution >= 4 is 22.7 Å². The zero-order chi connectivity index (χ0) is 48.7. The molecule has 3 aromatic carbocycles. The van der Waals surface area contributed by atoms with Crippen LogP contribution in [0.15, 0.2) is 78.4 Å². The number of nitrogens with zero attached hydrogens (tertiary/aromatic N) is 10. The van der Waals surface area contributed by atoms with Crippen LogP contribution >= 0.6 is 0 Å². The minimum absolute atomic E-state index is 0.0632. The normalized spacial score (nSPS) is 23.4. The van der Waals surface area contributed by atoms with Crippen molar-refractivity contribution in [3.05, 3.63) is 118 Å². The van der Waals surface area contributed by atoms with Gasteiger partial charge in [0.05, 0.1) is 49.9 Å². The summed E-state index contributed by atoms with van der Waals surface area (Å²) in [5, 5.41) is 0. The number of rotatable bonds is 14. The molecule has 6 fully saturated rings. The van der Waals surface area contributed by atoms with Crippen molar-refractivity contribution in [2.75, 3.05) is 115 Å². The molecule has 0 amide bonds. The van der Waals surface area contributed by atoms with Gasteiger partial charge in [0.15, 0.2) is 23.1 Å². The van der Waals surface area contributed by atoms with E-state index < -0.39 is 0 Å². The van der Waals surface area contributed by atoms with Gasteiger partial charge in [-0.2, -0.15) is 0 Å². The lowest BCUT2D eigenvalue weighted by Crippen LogP contribution is -2.35. The Balaban J connectivity index is 0.707. The van der Waals surface area contributed by atoms with Crippen LogP contribution in [-0.2, 0) is 35.7 Å². The quantitative estimate of drug-likeness (QED) is 0.128. The molecule has 72 heavy (non-hydrogen) atoms. The van der Waals surface area contributed by atoms with E-state index in [0.29, 0.717) is 62.5 Å². The minimum atomic E-state index is -0.296. The topological polar surface area (TPSA) is 157 Å². The number of halogens is 2. The maximum absolute atomic E-state index is 14.6. The van der Waals surface area contributed by atoms with Crippen molar-refractivity contribution in [2.45, 2.75) is 51.9 Å². The maximum Gasteiger partial charge on any atom is 0.323 e. The van der Waals surface area contributed by atoms with Crippen LogP contribution in [0.5, 0.6) is 23.0 Å². The lowest BCUT2D eigenvalue weighted by molar-refractivity contribution is 0.0338. The summed E-state index contributed by atoms with van der Waals surface area (Å²) in [6.07, 6.45) is 10.7. The first-order valence-electron chi connectivity index (χ1n) is 25.5. The van der Waals surface area contributed by atoms with Gasteiger partial charge in [-0.3, -0.25) is 19.6 Å². The highest BCUT2D eigenvalue weighted by atomic mass is 19.1. The standard InChI is InChI=1S/C53H62F2N12O5/c54-40-2-5-44(38(23-40)28-62-15-19-69-20-16-62)71-46-25-56-35-58-49(46)66-13-9-52(33-66)7-11-64(31-52)27-37-1-4-43-48(61-51(68)60-43)42(37)30-65-12-8-53(32-65)10-14-67(34-53)50-47(26-57-36-59-50)72-45-6-3-41(55)24-39(45)29-63-17-21-70-22-18-63/h1-6,23-26,35-36H,7-22,27-34H2,(H2,60,61,68). The van der Waals surface area contributed by atoms with Gasteiger partial charge in [-0.25, -0.2) is 33.5 Å². The molecule has 17 nitrogen and oxygen atoms in total. The summed E-state index contributed by atoms with van der Waals surface area (Å²) < 4.78 is 53.3. The van der Waals surface area contributed by atoms with Gasteiger partial charge >= 0.3 is 5.69 Å². The number of benzene rings is 3. The number of aromatic amines is 2. The highest BCUT2D eigenvalue weighted by Crippen LogP contribution is 2.46. The zero-order valence-electron chi connectivity index (χ0n) is 40.7. The fourth-order valence-corrected chi connectivity index (χ4v) is 12.2. The van der Waals surface area contributed by atoms with E-state index in [9.17, 15) is 13.6 Å². The first-order valence-corrected chi connectivity index (χ1v) is 25.5. The van der Waals surface area contributed by atoms with Crippen molar-refractivity contribution in [1.29, 1.82) is 0 Å². The van der Waals surface area contributed by atoms with Crippen LogP contribution in [0.3, 0.4) is 0 Å².